The molecule has 4 aromatic heterocycles. The first kappa shape index (κ1) is 82.9. The average Bonchev–Trinajstić information content (AvgIpc) is 1.46. The van der Waals surface area contributed by atoms with Gasteiger partial charge in [-0.2, -0.15) is 0 Å². The van der Waals surface area contributed by atoms with E-state index >= 15 is 0 Å². The topological polar surface area (TPSA) is 62.3 Å². The first-order valence-corrected chi connectivity index (χ1v) is 48.6. The standard InChI is InChI=1S/C47H33NO.C44H27NO2.C44H29NO/c1-47(2)41-16-8-6-14-36(41)37-26-25-35(28-42(37)47)48(34-23-21-31(22-24-34)30-11-4-3-5-12-30)43-17-10-13-32-19-20-33-27-40-38-15-7-9-18-44(38)49-45(40)29-39(33)46(32)43;1-2-9-28(10-3-1)29-19-21-32(22-20-29)45(33-23-24-36-34-12-4-6-15-40(34)46-42(36)26-33)39-14-8-11-30-17-18-31-25-38-35-13-5-7-16-41(35)47-43(38)27-37(31)44(30)39;1-3-10-30(11-4-1)32-20-24-36(25-21-32)45(37-26-22-33(23-27-37)31-12-5-2-6-13-31)41-16-9-14-34-18-19-35-28-40-38-15-7-8-17-42(38)46-43(40)29-39(35)44(34)41/h3-29H,1-2H3;1-27H;1-29H. The molecular weight excluding hydrogens is 1730 g/mol. The second-order valence-corrected chi connectivity index (χ2v) is 37.7. The highest BCUT2D eigenvalue weighted by atomic mass is 16.3. The summed E-state index contributed by atoms with van der Waals surface area (Å²) in [6, 6.07) is 180. The molecule has 0 unspecified atom stereocenters. The van der Waals surface area contributed by atoms with Crippen LogP contribution in [0.4, 0.5) is 51.2 Å². The summed E-state index contributed by atoms with van der Waals surface area (Å²) in [5.41, 5.74) is 32.0. The van der Waals surface area contributed by atoms with Gasteiger partial charge in [0.1, 0.15) is 44.7 Å². The molecule has 0 saturated carbocycles. The van der Waals surface area contributed by atoms with E-state index in [1.165, 1.54) is 126 Å². The number of fused-ring (bicyclic) bond motifs is 24. The molecular formula is C135H89N3O4. The molecule has 0 bridgehead atoms. The predicted octanol–water partition coefficient (Wildman–Crippen LogP) is 39.0. The van der Waals surface area contributed by atoms with E-state index in [-0.39, 0.29) is 5.41 Å². The van der Waals surface area contributed by atoms with Gasteiger partial charge in [0.15, 0.2) is 0 Å². The molecule has 0 spiro atoms. The van der Waals surface area contributed by atoms with Crippen LogP contribution in [0.5, 0.6) is 0 Å². The van der Waals surface area contributed by atoms with Gasteiger partial charge in [0.2, 0.25) is 0 Å². The molecule has 0 fully saturated rings. The molecule has 0 atom stereocenters. The van der Waals surface area contributed by atoms with Crippen molar-refractivity contribution in [2.75, 3.05) is 14.7 Å². The normalized spacial score (nSPS) is 12.2. The second-order valence-electron chi connectivity index (χ2n) is 37.7. The summed E-state index contributed by atoms with van der Waals surface area (Å²) in [6.07, 6.45) is 0. The van der Waals surface area contributed by atoms with Crippen LogP contribution in [0.3, 0.4) is 0 Å². The summed E-state index contributed by atoms with van der Waals surface area (Å²) < 4.78 is 25.6. The highest BCUT2D eigenvalue weighted by Crippen LogP contribution is 2.54. The van der Waals surface area contributed by atoms with Crippen molar-refractivity contribution in [3.63, 3.8) is 0 Å². The Balaban J connectivity index is 0.000000107. The van der Waals surface area contributed by atoms with Gasteiger partial charge in [-0.1, -0.05) is 360 Å². The molecule has 142 heavy (non-hydrogen) atoms. The van der Waals surface area contributed by atoms with Crippen LogP contribution in [0.1, 0.15) is 25.0 Å². The van der Waals surface area contributed by atoms with E-state index in [2.05, 4.69) is 490 Å². The molecule has 0 amide bonds. The van der Waals surface area contributed by atoms with Gasteiger partial charge >= 0.3 is 0 Å². The number of benzene rings is 24. The Morgan fingerprint density at radius 3 is 0.775 bits per heavy atom. The van der Waals surface area contributed by atoms with Crippen molar-refractivity contribution >= 4 is 204 Å². The number of para-hydroxylation sites is 4. The number of furan rings is 4. The van der Waals surface area contributed by atoms with Gasteiger partial charge in [0, 0.05) is 105 Å². The maximum Gasteiger partial charge on any atom is 0.137 e. The monoisotopic (exact) mass is 1820 g/mol. The van der Waals surface area contributed by atoms with E-state index in [4.69, 9.17) is 17.7 Å². The summed E-state index contributed by atoms with van der Waals surface area (Å²) in [5, 5.41) is 23.3. The molecule has 7 nitrogen and oxygen atoms in total. The summed E-state index contributed by atoms with van der Waals surface area (Å²) in [4.78, 5) is 7.18. The number of nitrogens with zero attached hydrogens (tertiary/aromatic N) is 3. The molecule has 668 valence electrons. The lowest BCUT2D eigenvalue weighted by Crippen LogP contribution is -2.16. The molecule has 24 aromatic carbocycles. The predicted molar refractivity (Wildman–Crippen MR) is 597 cm³/mol. The van der Waals surface area contributed by atoms with Gasteiger partial charge in [-0.25, -0.2) is 0 Å². The van der Waals surface area contributed by atoms with E-state index in [0.717, 1.165) is 144 Å². The molecule has 4 heterocycles. The van der Waals surface area contributed by atoms with E-state index < -0.39 is 0 Å². The smallest absolute Gasteiger partial charge is 0.137 e. The SMILES string of the molecule is CC1(C)c2ccccc2-c2ccc(N(c3ccc(-c4ccccc4)cc3)c3cccc4ccc5cc6c(cc5c34)oc3ccccc36)cc21.c1ccc(-c2ccc(N(c3ccc(-c4ccccc4)cc3)c3cccc4ccc5cc6c(cc5c34)oc3ccccc36)cc2)cc1.c1ccc(-c2ccc(N(c3ccc4c(c3)oc3ccccc34)c3cccc4ccc5cc6c(cc5c34)oc3ccccc36)cc2)cc1. The van der Waals surface area contributed by atoms with E-state index in [9.17, 15) is 0 Å². The fraction of sp³-hybridized carbons (Fsp3) is 0.0222. The number of rotatable bonds is 13. The van der Waals surface area contributed by atoms with Gasteiger partial charge in [0.25, 0.3) is 0 Å². The lowest BCUT2D eigenvalue weighted by atomic mass is 9.82. The van der Waals surface area contributed by atoms with Crippen LogP contribution >= 0.6 is 0 Å². The van der Waals surface area contributed by atoms with E-state index in [1.54, 1.807) is 0 Å². The molecule has 0 saturated heterocycles. The van der Waals surface area contributed by atoms with Gasteiger partial charge < -0.3 is 32.4 Å². The lowest BCUT2D eigenvalue weighted by Gasteiger charge is -2.29. The van der Waals surface area contributed by atoms with Gasteiger partial charge in [0.05, 0.1) is 17.1 Å². The van der Waals surface area contributed by atoms with Crippen molar-refractivity contribution < 1.29 is 17.7 Å². The molecule has 29 rings (SSSR count). The quantitative estimate of drug-likeness (QED) is 0.107. The molecule has 28 aromatic rings. The minimum atomic E-state index is -0.108. The fourth-order valence-electron chi connectivity index (χ4n) is 22.2. The van der Waals surface area contributed by atoms with Crippen LogP contribution in [-0.4, -0.2) is 0 Å². The van der Waals surface area contributed by atoms with Crippen LogP contribution in [0.2, 0.25) is 0 Å². The Morgan fingerprint density at radius 2 is 0.415 bits per heavy atom. The lowest BCUT2D eigenvalue weighted by molar-refractivity contribution is 0.660. The minimum Gasteiger partial charge on any atom is -0.456 e. The zero-order valence-corrected chi connectivity index (χ0v) is 77.9. The molecule has 0 aliphatic heterocycles. The van der Waals surface area contributed by atoms with Crippen molar-refractivity contribution in [3.05, 3.63) is 515 Å². The maximum atomic E-state index is 6.42. The van der Waals surface area contributed by atoms with Crippen LogP contribution in [0, 0.1) is 0 Å². The largest absolute Gasteiger partial charge is 0.456 e. The van der Waals surface area contributed by atoms with Gasteiger partial charge in [-0.3, -0.25) is 0 Å². The Labute approximate surface area is 819 Å². The molecule has 0 radical (unpaired) electrons. The molecule has 1 aliphatic rings. The van der Waals surface area contributed by atoms with Crippen LogP contribution in [0.15, 0.2) is 521 Å². The van der Waals surface area contributed by atoms with Crippen molar-refractivity contribution in [1.82, 2.24) is 0 Å². The minimum absolute atomic E-state index is 0.108. The summed E-state index contributed by atoms with van der Waals surface area (Å²) in [7, 11) is 0. The molecule has 7 heteroatoms. The third-order valence-electron chi connectivity index (χ3n) is 29.1. The summed E-state index contributed by atoms with van der Waals surface area (Å²) in [6.45, 7) is 4.70. The third kappa shape index (κ3) is 14.3. The van der Waals surface area contributed by atoms with Crippen molar-refractivity contribution in [1.29, 1.82) is 0 Å². The highest BCUT2D eigenvalue weighted by Gasteiger charge is 2.37. The van der Waals surface area contributed by atoms with Crippen LogP contribution in [0.25, 0.3) is 208 Å². The van der Waals surface area contributed by atoms with Gasteiger partial charge in [-0.15, -0.1) is 0 Å². The van der Waals surface area contributed by atoms with Crippen LogP contribution in [-0.2, 0) is 5.41 Å². The number of anilines is 9. The summed E-state index contributed by atoms with van der Waals surface area (Å²) in [5.74, 6) is 0. The molecule has 1 aliphatic carbocycles. The average molecular weight is 1820 g/mol. The van der Waals surface area contributed by atoms with Crippen molar-refractivity contribution in [2.24, 2.45) is 0 Å². The maximum absolute atomic E-state index is 6.42. The van der Waals surface area contributed by atoms with E-state index in [0.29, 0.717) is 0 Å². The van der Waals surface area contributed by atoms with Crippen molar-refractivity contribution in [3.8, 4) is 55.6 Å². The molecule has 0 N–H and O–H groups in total. The number of hydrogen-bond donors (Lipinski definition) is 0. The Bertz CT molecular complexity index is 9730. The first-order valence-electron chi connectivity index (χ1n) is 48.6. The zero-order chi connectivity index (χ0) is 94.0. The third-order valence-corrected chi connectivity index (χ3v) is 29.1. The Kier molecular flexibility index (Phi) is 19.8. The fourth-order valence-corrected chi connectivity index (χ4v) is 22.2. The van der Waals surface area contributed by atoms with Crippen LogP contribution < -0.4 is 14.7 Å². The highest BCUT2D eigenvalue weighted by molar-refractivity contribution is 6.24. The van der Waals surface area contributed by atoms with Crippen molar-refractivity contribution in [2.45, 2.75) is 19.3 Å². The zero-order valence-electron chi connectivity index (χ0n) is 77.9. The number of hydrogen-bond acceptors (Lipinski definition) is 7. The first-order chi connectivity index (χ1) is 70.1. The Morgan fingerprint density at radius 1 is 0.155 bits per heavy atom. The second kappa shape index (κ2) is 34.0. The van der Waals surface area contributed by atoms with Gasteiger partial charge in [-0.05, 0) is 267 Å². The summed E-state index contributed by atoms with van der Waals surface area (Å²) >= 11 is 0. The Hall–Kier alpha value is -18.6. The van der Waals surface area contributed by atoms with E-state index in [1.807, 2.05) is 42.5 Å².